The second-order valence-corrected chi connectivity index (χ2v) is 11.0. The standard InChI is InChI=1S/C26H22ClN3O4S/c1-30-24(9-11-29-30)21-12-18(20(14-22(21)27)23-4-2-3-10-28-23)15-35(33,34)25-13-17(26(31)32)7-8-19(25)16-5-6-16/h2-4,7-14,16H,5-6,15H2,1H3,(H,31,32). The number of hydrogen-bond acceptors (Lipinski definition) is 5. The third kappa shape index (κ3) is 4.59. The van der Waals surface area contributed by atoms with Crippen molar-refractivity contribution in [3.8, 4) is 22.5 Å². The zero-order valence-corrected chi connectivity index (χ0v) is 20.4. The van der Waals surface area contributed by atoms with Gasteiger partial charge in [-0.15, -0.1) is 0 Å². The molecule has 0 aliphatic heterocycles. The first-order valence-corrected chi connectivity index (χ1v) is 13.1. The van der Waals surface area contributed by atoms with Gasteiger partial charge in [0.15, 0.2) is 9.84 Å². The van der Waals surface area contributed by atoms with Gasteiger partial charge in [0, 0.05) is 30.6 Å². The SMILES string of the molecule is Cn1nccc1-c1cc(CS(=O)(=O)c2cc(C(=O)O)ccc2C2CC2)c(-c2ccccn2)cc1Cl. The molecule has 178 valence electrons. The molecule has 2 aromatic carbocycles. The smallest absolute Gasteiger partial charge is 0.335 e. The number of rotatable bonds is 7. The van der Waals surface area contributed by atoms with Gasteiger partial charge in [-0.2, -0.15) is 5.10 Å². The van der Waals surface area contributed by atoms with Gasteiger partial charge in [0.05, 0.1) is 32.6 Å². The van der Waals surface area contributed by atoms with Gasteiger partial charge in [-0.05, 0) is 72.4 Å². The Kier molecular flexibility index (Phi) is 5.94. The van der Waals surface area contributed by atoms with Crippen LogP contribution in [0.4, 0.5) is 0 Å². The minimum atomic E-state index is -3.90. The molecule has 1 aliphatic carbocycles. The molecule has 1 saturated carbocycles. The number of aryl methyl sites for hydroxylation is 1. The molecular weight excluding hydrogens is 486 g/mol. The Labute approximate surface area is 207 Å². The number of carbonyl (C=O) groups is 1. The fourth-order valence-corrected chi connectivity index (χ4v) is 6.25. The minimum Gasteiger partial charge on any atom is -0.478 e. The molecule has 0 saturated heterocycles. The molecule has 1 N–H and O–H groups in total. The van der Waals surface area contributed by atoms with Crippen LogP contribution in [0, 0.1) is 0 Å². The molecule has 5 rings (SSSR count). The van der Waals surface area contributed by atoms with Crippen LogP contribution in [0.25, 0.3) is 22.5 Å². The maximum atomic E-state index is 13.8. The monoisotopic (exact) mass is 507 g/mol. The lowest BCUT2D eigenvalue weighted by molar-refractivity contribution is 0.0696. The van der Waals surface area contributed by atoms with Crippen molar-refractivity contribution < 1.29 is 18.3 Å². The molecule has 0 amide bonds. The Hall–Kier alpha value is -3.49. The van der Waals surface area contributed by atoms with E-state index in [1.54, 1.807) is 54.5 Å². The Bertz CT molecular complexity index is 1540. The highest BCUT2D eigenvalue weighted by atomic mass is 35.5. The van der Waals surface area contributed by atoms with Crippen molar-refractivity contribution in [3.63, 3.8) is 0 Å². The molecule has 35 heavy (non-hydrogen) atoms. The number of aromatic nitrogens is 3. The summed E-state index contributed by atoms with van der Waals surface area (Å²) in [7, 11) is -2.11. The zero-order valence-electron chi connectivity index (χ0n) is 18.8. The molecule has 4 aromatic rings. The minimum absolute atomic E-state index is 0.0513. The number of carboxylic acids is 1. The van der Waals surface area contributed by atoms with Crippen molar-refractivity contribution in [1.82, 2.24) is 14.8 Å². The average Bonchev–Trinajstić information content (AvgIpc) is 3.60. The van der Waals surface area contributed by atoms with Gasteiger partial charge in [0.1, 0.15) is 0 Å². The number of aromatic carboxylic acids is 1. The van der Waals surface area contributed by atoms with Crippen LogP contribution in [0.5, 0.6) is 0 Å². The predicted molar refractivity (Wildman–Crippen MR) is 133 cm³/mol. The first kappa shape index (κ1) is 23.3. The molecule has 2 heterocycles. The first-order valence-electron chi connectivity index (χ1n) is 11.1. The van der Waals surface area contributed by atoms with E-state index < -0.39 is 15.8 Å². The van der Waals surface area contributed by atoms with E-state index in [9.17, 15) is 18.3 Å². The largest absolute Gasteiger partial charge is 0.478 e. The highest BCUT2D eigenvalue weighted by molar-refractivity contribution is 7.90. The summed E-state index contributed by atoms with van der Waals surface area (Å²) in [5.74, 6) is -1.36. The molecule has 1 fully saturated rings. The molecular formula is C26H22ClN3O4S. The van der Waals surface area contributed by atoms with Crippen LogP contribution in [0.3, 0.4) is 0 Å². The summed E-state index contributed by atoms with van der Waals surface area (Å²) in [6.45, 7) is 0. The molecule has 7 nitrogen and oxygen atoms in total. The Morgan fingerprint density at radius 3 is 2.51 bits per heavy atom. The van der Waals surface area contributed by atoms with Crippen LogP contribution in [-0.2, 0) is 22.6 Å². The molecule has 1 aliphatic rings. The van der Waals surface area contributed by atoms with Crippen molar-refractivity contribution in [2.75, 3.05) is 0 Å². The van der Waals surface area contributed by atoms with Crippen LogP contribution in [0.2, 0.25) is 5.02 Å². The van der Waals surface area contributed by atoms with Crippen molar-refractivity contribution >= 4 is 27.4 Å². The summed E-state index contributed by atoms with van der Waals surface area (Å²) in [6, 6.07) is 15.1. The number of halogens is 1. The highest BCUT2D eigenvalue weighted by Gasteiger charge is 2.32. The summed E-state index contributed by atoms with van der Waals surface area (Å²) in [6.07, 6.45) is 5.06. The van der Waals surface area contributed by atoms with Gasteiger partial charge in [0.25, 0.3) is 0 Å². The summed E-state index contributed by atoms with van der Waals surface area (Å²) in [5, 5.41) is 14.1. The Balaban J connectivity index is 1.67. The molecule has 0 atom stereocenters. The molecule has 0 unspecified atom stereocenters. The molecule has 0 bridgehead atoms. The van der Waals surface area contributed by atoms with Gasteiger partial charge in [-0.1, -0.05) is 23.7 Å². The van der Waals surface area contributed by atoms with Crippen LogP contribution < -0.4 is 0 Å². The fraction of sp³-hybridized carbons (Fsp3) is 0.192. The van der Waals surface area contributed by atoms with E-state index >= 15 is 0 Å². The molecule has 0 spiro atoms. The maximum Gasteiger partial charge on any atom is 0.335 e. The normalized spacial score (nSPS) is 13.7. The Morgan fingerprint density at radius 1 is 1.09 bits per heavy atom. The zero-order chi connectivity index (χ0) is 24.7. The number of nitrogens with zero attached hydrogens (tertiary/aromatic N) is 3. The van der Waals surface area contributed by atoms with Crippen LogP contribution in [-0.4, -0.2) is 34.3 Å². The van der Waals surface area contributed by atoms with E-state index in [-0.39, 0.29) is 22.1 Å². The summed E-state index contributed by atoms with van der Waals surface area (Å²) in [5.41, 5.74) is 3.74. The third-order valence-electron chi connectivity index (χ3n) is 6.19. The van der Waals surface area contributed by atoms with Gasteiger partial charge in [0.2, 0.25) is 0 Å². The second-order valence-electron chi connectivity index (χ2n) is 8.64. The van der Waals surface area contributed by atoms with Gasteiger partial charge < -0.3 is 5.11 Å². The highest BCUT2D eigenvalue weighted by Crippen LogP contribution is 2.44. The van der Waals surface area contributed by atoms with Crippen LogP contribution in [0.15, 0.2) is 71.9 Å². The number of sulfone groups is 1. The lowest BCUT2D eigenvalue weighted by atomic mass is 10.0. The van der Waals surface area contributed by atoms with Gasteiger partial charge in [-0.25, -0.2) is 13.2 Å². The average molecular weight is 508 g/mol. The van der Waals surface area contributed by atoms with E-state index in [1.165, 1.54) is 12.1 Å². The first-order chi connectivity index (χ1) is 16.7. The maximum absolute atomic E-state index is 13.8. The summed E-state index contributed by atoms with van der Waals surface area (Å²) in [4.78, 5) is 16.1. The van der Waals surface area contributed by atoms with Crippen molar-refractivity contribution in [3.05, 3.63) is 88.7 Å². The van der Waals surface area contributed by atoms with Crippen molar-refractivity contribution in [2.45, 2.75) is 29.4 Å². The Morgan fingerprint density at radius 2 is 1.89 bits per heavy atom. The quantitative estimate of drug-likeness (QED) is 0.361. The predicted octanol–water partition coefficient (Wildman–Crippen LogP) is 5.35. The van der Waals surface area contributed by atoms with Crippen LogP contribution in [0.1, 0.15) is 40.2 Å². The van der Waals surface area contributed by atoms with Crippen LogP contribution >= 0.6 is 11.6 Å². The number of benzene rings is 2. The fourth-order valence-electron chi connectivity index (χ4n) is 4.28. The number of hydrogen-bond donors (Lipinski definition) is 1. The molecule has 2 aromatic heterocycles. The lowest BCUT2D eigenvalue weighted by Gasteiger charge is -2.16. The van der Waals surface area contributed by atoms with Crippen molar-refractivity contribution in [2.24, 2.45) is 7.05 Å². The second kappa shape index (κ2) is 8.94. The van der Waals surface area contributed by atoms with Gasteiger partial charge >= 0.3 is 5.97 Å². The van der Waals surface area contributed by atoms with E-state index in [2.05, 4.69) is 10.1 Å². The summed E-state index contributed by atoms with van der Waals surface area (Å²) < 4.78 is 29.3. The van der Waals surface area contributed by atoms with Crippen molar-refractivity contribution in [1.29, 1.82) is 0 Å². The third-order valence-corrected chi connectivity index (χ3v) is 8.22. The van der Waals surface area contributed by atoms with E-state index in [4.69, 9.17) is 11.6 Å². The topological polar surface area (TPSA) is 102 Å². The number of pyridine rings is 1. The van der Waals surface area contributed by atoms with Gasteiger partial charge in [-0.3, -0.25) is 9.67 Å². The molecule has 0 radical (unpaired) electrons. The number of carboxylic acid groups (broad SMARTS) is 1. The van der Waals surface area contributed by atoms with E-state index in [1.807, 2.05) is 12.1 Å². The van der Waals surface area contributed by atoms with E-state index in [0.29, 0.717) is 33.0 Å². The summed E-state index contributed by atoms with van der Waals surface area (Å²) >= 11 is 6.65. The lowest BCUT2D eigenvalue weighted by Crippen LogP contribution is -2.11. The molecule has 9 heteroatoms. The van der Waals surface area contributed by atoms with E-state index in [0.717, 1.165) is 18.5 Å².